The zero-order chi connectivity index (χ0) is 46.7. The van der Waals surface area contributed by atoms with Gasteiger partial charge in [-0.25, -0.2) is 0 Å². The summed E-state index contributed by atoms with van der Waals surface area (Å²) < 4.78 is 0. The zero-order valence-electron chi connectivity index (χ0n) is 38.6. The molecule has 332 valence electrons. The summed E-state index contributed by atoms with van der Waals surface area (Å²) in [6.07, 6.45) is 0. The molecule has 3 heteroatoms. The molecule has 15 rings (SSSR count). The van der Waals surface area contributed by atoms with Gasteiger partial charge in [-0.3, -0.25) is 0 Å². The molecule has 2 aliphatic heterocycles. The lowest BCUT2D eigenvalue weighted by molar-refractivity contribution is 0.721. The highest BCUT2D eigenvalue weighted by molar-refractivity contribution is 7.99. The second kappa shape index (κ2) is 15.7. The topological polar surface area (TPSA) is 3.24 Å². The molecule has 0 saturated heterocycles. The lowest BCUT2D eigenvalue weighted by Gasteiger charge is -2.41. The van der Waals surface area contributed by atoms with Crippen LogP contribution in [0, 0.1) is 0 Å². The van der Waals surface area contributed by atoms with Crippen LogP contribution in [-0.2, 0) is 10.8 Å². The molecule has 0 atom stereocenters. The average molecular weight is 938 g/mol. The van der Waals surface area contributed by atoms with Crippen LogP contribution in [0.25, 0.3) is 44.5 Å². The lowest BCUT2D eigenvalue weighted by atomic mass is 9.67. The Labute approximate surface area is 423 Å². The van der Waals surface area contributed by atoms with Gasteiger partial charge in [0, 0.05) is 36.6 Å². The van der Waals surface area contributed by atoms with Crippen LogP contribution >= 0.6 is 23.5 Å². The SMILES string of the molecule is c1ccc(-c2ccc(-c3cccc(N(c4ccc5c(c4)C4(c6ccccc6S5)c5ccccc5-c5ccccc54)c4ccc5c(c4)C4(c6ccccc6S5)c5ccccc5-c5ccccc54)c3)cc2)cc1. The van der Waals surface area contributed by atoms with E-state index in [9.17, 15) is 0 Å². The monoisotopic (exact) mass is 937 g/mol. The molecule has 11 aromatic carbocycles. The van der Waals surface area contributed by atoms with Gasteiger partial charge < -0.3 is 4.90 Å². The van der Waals surface area contributed by atoms with Crippen molar-refractivity contribution in [3.8, 4) is 44.5 Å². The molecule has 0 bridgehead atoms. The van der Waals surface area contributed by atoms with Crippen molar-refractivity contribution in [1.29, 1.82) is 0 Å². The van der Waals surface area contributed by atoms with E-state index in [-0.39, 0.29) is 0 Å². The molecular formula is C68H43NS2. The minimum atomic E-state index is -0.508. The fourth-order valence-electron chi connectivity index (χ4n) is 12.7. The van der Waals surface area contributed by atoms with Crippen LogP contribution in [0.5, 0.6) is 0 Å². The van der Waals surface area contributed by atoms with E-state index in [1.807, 2.05) is 23.5 Å². The first-order chi connectivity index (χ1) is 35.2. The Morgan fingerprint density at radius 1 is 0.225 bits per heavy atom. The molecule has 4 aliphatic rings. The molecule has 0 amide bonds. The van der Waals surface area contributed by atoms with E-state index in [2.05, 4.69) is 266 Å². The number of hydrogen-bond donors (Lipinski definition) is 0. The fourth-order valence-corrected chi connectivity index (χ4v) is 15.1. The zero-order valence-corrected chi connectivity index (χ0v) is 40.2. The molecular weight excluding hydrogens is 895 g/mol. The molecule has 0 fully saturated rings. The van der Waals surface area contributed by atoms with Crippen molar-refractivity contribution >= 4 is 40.6 Å². The number of benzene rings is 11. The summed E-state index contributed by atoms with van der Waals surface area (Å²) >= 11 is 3.79. The van der Waals surface area contributed by atoms with Gasteiger partial charge in [-0.15, -0.1) is 0 Å². The predicted molar refractivity (Wildman–Crippen MR) is 295 cm³/mol. The maximum Gasteiger partial charge on any atom is 0.0736 e. The van der Waals surface area contributed by atoms with Gasteiger partial charge in [-0.1, -0.05) is 224 Å². The lowest BCUT2D eigenvalue weighted by Crippen LogP contribution is -2.32. The Bertz CT molecular complexity index is 3680. The number of fused-ring (bicyclic) bond motifs is 18. The van der Waals surface area contributed by atoms with Crippen molar-refractivity contribution in [2.24, 2.45) is 0 Å². The van der Waals surface area contributed by atoms with Crippen molar-refractivity contribution < 1.29 is 0 Å². The van der Waals surface area contributed by atoms with E-state index in [1.54, 1.807) is 0 Å². The van der Waals surface area contributed by atoms with Gasteiger partial charge in [0.2, 0.25) is 0 Å². The Hall–Kier alpha value is -8.08. The van der Waals surface area contributed by atoms with Gasteiger partial charge >= 0.3 is 0 Å². The summed E-state index contributed by atoms with van der Waals surface area (Å²) in [5.74, 6) is 0. The van der Waals surface area contributed by atoms with E-state index in [4.69, 9.17) is 0 Å². The standard InChI is InChI=1S/C68H43NS2/c1-2-17-44(18-3-1)45-33-35-46(36-34-45)47-19-16-20-48(41-47)69(49-37-39-65-61(42-49)67(59-29-12-14-31-63(59)70-65)55-25-8-4-21-51(55)52-22-5-9-26-56(52)67)50-38-40-66-62(43-50)68(60-30-13-15-32-64(60)71-66)57-27-10-6-23-53(57)54-24-7-11-28-58(54)68/h1-43H. The molecule has 0 N–H and O–H groups in total. The Kier molecular flexibility index (Phi) is 9.03. The van der Waals surface area contributed by atoms with E-state index >= 15 is 0 Å². The van der Waals surface area contributed by atoms with Crippen molar-refractivity contribution in [1.82, 2.24) is 0 Å². The summed E-state index contributed by atoms with van der Waals surface area (Å²) in [6, 6.07) is 98.1. The third-order valence-electron chi connectivity index (χ3n) is 15.6. The number of nitrogens with zero attached hydrogens (tertiary/aromatic N) is 1. The molecule has 0 radical (unpaired) electrons. The van der Waals surface area contributed by atoms with Gasteiger partial charge in [0.25, 0.3) is 0 Å². The summed E-state index contributed by atoms with van der Waals surface area (Å²) in [5.41, 5.74) is 23.0. The molecule has 0 aromatic heterocycles. The fraction of sp³-hybridized carbons (Fsp3) is 0.0294. The van der Waals surface area contributed by atoms with Crippen LogP contribution in [0.15, 0.2) is 280 Å². The number of rotatable bonds is 5. The van der Waals surface area contributed by atoms with Crippen LogP contribution in [0.4, 0.5) is 17.1 Å². The molecule has 2 aliphatic carbocycles. The first-order valence-corrected chi connectivity index (χ1v) is 26.1. The normalized spacial score (nSPS) is 14.3. The highest BCUT2D eigenvalue weighted by atomic mass is 32.2. The molecule has 71 heavy (non-hydrogen) atoms. The van der Waals surface area contributed by atoms with Crippen molar-refractivity contribution in [3.05, 3.63) is 305 Å². The van der Waals surface area contributed by atoms with Crippen LogP contribution in [0.1, 0.15) is 44.5 Å². The highest BCUT2D eigenvalue weighted by Gasteiger charge is 2.52. The number of hydrogen-bond acceptors (Lipinski definition) is 3. The van der Waals surface area contributed by atoms with E-state index in [0.29, 0.717) is 0 Å². The van der Waals surface area contributed by atoms with Gasteiger partial charge in [0.1, 0.15) is 0 Å². The average Bonchev–Trinajstić information content (AvgIpc) is 3.90. The second-order valence-electron chi connectivity index (χ2n) is 19.1. The molecule has 1 nitrogen and oxygen atoms in total. The van der Waals surface area contributed by atoms with Gasteiger partial charge in [-0.05, 0) is 150 Å². The van der Waals surface area contributed by atoms with Crippen molar-refractivity contribution in [2.75, 3.05) is 4.90 Å². The van der Waals surface area contributed by atoms with E-state index in [0.717, 1.165) is 17.1 Å². The van der Waals surface area contributed by atoms with Crippen molar-refractivity contribution in [2.45, 2.75) is 30.4 Å². The van der Waals surface area contributed by atoms with E-state index in [1.165, 1.54) is 109 Å². The van der Waals surface area contributed by atoms with Gasteiger partial charge in [0.15, 0.2) is 0 Å². The molecule has 2 spiro atoms. The third-order valence-corrected chi connectivity index (χ3v) is 17.9. The van der Waals surface area contributed by atoms with Crippen LogP contribution in [-0.4, -0.2) is 0 Å². The third kappa shape index (κ3) is 5.79. The van der Waals surface area contributed by atoms with Crippen LogP contribution in [0.3, 0.4) is 0 Å². The smallest absolute Gasteiger partial charge is 0.0736 e. The van der Waals surface area contributed by atoms with Crippen LogP contribution < -0.4 is 4.90 Å². The minimum absolute atomic E-state index is 0.508. The Balaban J connectivity index is 0.980. The van der Waals surface area contributed by atoms with Crippen molar-refractivity contribution in [3.63, 3.8) is 0 Å². The Morgan fingerprint density at radius 2 is 0.563 bits per heavy atom. The summed E-state index contributed by atoms with van der Waals surface area (Å²) in [6.45, 7) is 0. The second-order valence-corrected chi connectivity index (χ2v) is 21.2. The first-order valence-electron chi connectivity index (χ1n) is 24.5. The quantitative estimate of drug-likeness (QED) is 0.169. The highest BCUT2D eigenvalue weighted by Crippen LogP contribution is 2.65. The maximum absolute atomic E-state index is 2.53. The molecule has 0 unspecified atom stereocenters. The summed E-state index contributed by atoms with van der Waals surface area (Å²) in [4.78, 5) is 7.69. The molecule has 0 saturated carbocycles. The summed E-state index contributed by atoms with van der Waals surface area (Å²) in [7, 11) is 0. The molecule has 11 aromatic rings. The number of anilines is 3. The maximum atomic E-state index is 2.53. The Morgan fingerprint density at radius 3 is 1.03 bits per heavy atom. The van der Waals surface area contributed by atoms with Crippen LogP contribution in [0.2, 0.25) is 0 Å². The predicted octanol–water partition coefficient (Wildman–Crippen LogP) is 18.1. The molecule has 2 heterocycles. The minimum Gasteiger partial charge on any atom is -0.310 e. The first kappa shape index (κ1) is 40.8. The van der Waals surface area contributed by atoms with Gasteiger partial charge in [0.05, 0.1) is 10.8 Å². The largest absolute Gasteiger partial charge is 0.310 e. The van der Waals surface area contributed by atoms with Gasteiger partial charge in [-0.2, -0.15) is 0 Å². The van der Waals surface area contributed by atoms with E-state index < -0.39 is 10.8 Å². The summed E-state index contributed by atoms with van der Waals surface area (Å²) in [5, 5.41) is 0.